The number of hydrogen-bond donors (Lipinski definition) is 3. The molecule has 1 unspecified atom stereocenters. The number of aromatic nitrogens is 5. The van der Waals surface area contributed by atoms with Gasteiger partial charge in [-0.2, -0.15) is 0 Å². The molecule has 200 valence electrons. The minimum atomic E-state index is -2.94. The molecule has 13 heteroatoms. The summed E-state index contributed by atoms with van der Waals surface area (Å²) in [6.07, 6.45) is 0.572. The molecule has 1 aliphatic rings. The molecular weight excluding hydrogens is 518 g/mol. The van der Waals surface area contributed by atoms with E-state index in [-0.39, 0.29) is 18.8 Å². The van der Waals surface area contributed by atoms with E-state index in [1.165, 1.54) is 6.33 Å². The highest BCUT2D eigenvalue weighted by Crippen LogP contribution is 2.35. The van der Waals surface area contributed by atoms with Crippen molar-refractivity contribution in [3.63, 3.8) is 0 Å². The fourth-order valence-corrected chi connectivity index (χ4v) is 5.15. The van der Waals surface area contributed by atoms with Crippen molar-refractivity contribution in [2.45, 2.75) is 37.5 Å². The highest BCUT2D eigenvalue weighted by Gasteiger charge is 2.43. The summed E-state index contributed by atoms with van der Waals surface area (Å²) in [5, 5.41) is 10.6. The quantitative estimate of drug-likeness (QED) is 0.320. The third-order valence-corrected chi connectivity index (χ3v) is 7.22. The van der Waals surface area contributed by atoms with Crippen molar-refractivity contribution in [2.24, 2.45) is 5.73 Å². The van der Waals surface area contributed by atoms with Crippen molar-refractivity contribution in [3.8, 4) is 17.0 Å². The van der Waals surface area contributed by atoms with Crippen LogP contribution in [-0.2, 0) is 6.54 Å². The standard InChI is InChI=1S/C25H27ClF2N8O2/c1-38-15-3-4-16(17(26)8-15)18-7-14(10-36-13-34-20-23(29)32-12-33-24(20)36)19(9-31-18)35-6-2-5-25(30,11-35)21(37)22(27)28/h3-4,7-9,12-13,21-22,37H,2,5-6,10-11,30H2,1H3,(H2,29,32,33)/t21-,25?/m0/s1. The summed E-state index contributed by atoms with van der Waals surface area (Å²) >= 11 is 6.53. The average Bonchev–Trinajstić information content (AvgIpc) is 3.32. The first-order valence-corrected chi connectivity index (χ1v) is 12.3. The summed E-state index contributed by atoms with van der Waals surface area (Å²) < 4.78 is 33.9. The number of aliphatic hydroxyl groups is 1. The molecule has 4 aromatic rings. The number of nitrogen functional groups attached to an aromatic ring is 1. The van der Waals surface area contributed by atoms with Crippen molar-refractivity contribution in [1.82, 2.24) is 24.5 Å². The maximum Gasteiger partial charge on any atom is 0.265 e. The Bertz CT molecular complexity index is 1470. The molecule has 1 fully saturated rings. The number of nitrogens with zero attached hydrogens (tertiary/aromatic N) is 6. The molecule has 1 aliphatic heterocycles. The maximum atomic E-state index is 13.4. The van der Waals surface area contributed by atoms with Gasteiger partial charge in [-0.3, -0.25) is 4.98 Å². The van der Waals surface area contributed by atoms with Crippen molar-refractivity contribution in [1.29, 1.82) is 0 Å². The van der Waals surface area contributed by atoms with E-state index in [0.29, 0.717) is 58.4 Å². The number of benzene rings is 1. The van der Waals surface area contributed by atoms with Gasteiger partial charge in [-0.1, -0.05) is 11.6 Å². The molecule has 38 heavy (non-hydrogen) atoms. The number of rotatable bonds is 7. The molecule has 5 rings (SSSR count). The normalized spacial score (nSPS) is 18.8. The molecule has 0 radical (unpaired) electrons. The number of imidazole rings is 1. The van der Waals surface area contributed by atoms with Crippen LogP contribution in [0.15, 0.2) is 43.1 Å². The number of nitrogens with two attached hydrogens (primary N) is 2. The predicted molar refractivity (Wildman–Crippen MR) is 140 cm³/mol. The Kier molecular flexibility index (Phi) is 7.03. The molecule has 1 aromatic carbocycles. The number of fused-ring (bicyclic) bond motifs is 1. The van der Waals surface area contributed by atoms with Gasteiger partial charge in [-0.15, -0.1) is 0 Å². The molecule has 0 saturated carbocycles. The fraction of sp³-hybridized carbons (Fsp3) is 0.360. The van der Waals surface area contributed by atoms with E-state index in [1.807, 2.05) is 21.6 Å². The van der Waals surface area contributed by atoms with Gasteiger partial charge >= 0.3 is 0 Å². The monoisotopic (exact) mass is 544 g/mol. The Labute approximate surface area is 222 Å². The van der Waals surface area contributed by atoms with E-state index in [4.69, 9.17) is 27.8 Å². The summed E-state index contributed by atoms with van der Waals surface area (Å²) in [7, 11) is 1.56. The zero-order valence-corrected chi connectivity index (χ0v) is 21.3. The second-order valence-corrected chi connectivity index (χ2v) is 9.79. The van der Waals surface area contributed by atoms with Crippen LogP contribution in [-0.4, -0.2) is 67.9 Å². The zero-order chi connectivity index (χ0) is 27.0. The lowest BCUT2D eigenvalue weighted by molar-refractivity contribution is -0.0529. The molecule has 10 nitrogen and oxygen atoms in total. The fourth-order valence-electron chi connectivity index (χ4n) is 4.89. The number of piperidine rings is 1. The maximum absolute atomic E-state index is 13.4. The van der Waals surface area contributed by atoms with Gasteiger partial charge in [-0.25, -0.2) is 23.7 Å². The van der Waals surface area contributed by atoms with Crippen molar-refractivity contribution in [3.05, 3.63) is 53.7 Å². The minimum absolute atomic E-state index is 0.0373. The summed E-state index contributed by atoms with van der Waals surface area (Å²) in [4.78, 5) is 19.2. The molecule has 3 aromatic heterocycles. The van der Waals surface area contributed by atoms with E-state index in [9.17, 15) is 13.9 Å². The molecule has 0 bridgehead atoms. The Morgan fingerprint density at radius 2 is 2.03 bits per heavy atom. The van der Waals surface area contributed by atoms with Gasteiger partial charge in [0.05, 0.1) is 48.1 Å². The third-order valence-electron chi connectivity index (χ3n) is 6.91. The van der Waals surface area contributed by atoms with Crippen LogP contribution in [0.2, 0.25) is 5.02 Å². The number of anilines is 2. The number of methoxy groups -OCH3 is 1. The summed E-state index contributed by atoms with van der Waals surface area (Å²) in [5.41, 5.74) is 14.6. The van der Waals surface area contributed by atoms with Gasteiger partial charge < -0.3 is 30.8 Å². The topological polar surface area (TPSA) is 141 Å². The Balaban J connectivity index is 1.58. The van der Waals surface area contributed by atoms with Gasteiger partial charge in [0.15, 0.2) is 11.5 Å². The first-order chi connectivity index (χ1) is 18.2. The number of aliphatic hydroxyl groups excluding tert-OH is 1. The molecule has 0 amide bonds. The van der Waals surface area contributed by atoms with Crippen LogP contribution in [0.4, 0.5) is 20.3 Å². The Morgan fingerprint density at radius 3 is 2.76 bits per heavy atom. The lowest BCUT2D eigenvalue weighted by Crippen LogP contribution is -2.63. The van der Waals surface area contributed by atoms with Crippen molar-refractivity contribution in [2.75, 3.05) is 30.8 Å². The summed E-state index contributed by atoms with van der Waals surface area (Å²) in [5.74, 6) is 0.877. The summed E-state index contributed by atoms with van der Waals surface area (Å²) in [6, 6.07) is 7.20. The van der Waals surface area contributed by atoms with Gasteiger partial charge in [0.1, 0.15) is 23.7 Å². The number of alkyl halides is 2. The van der Waals surface area contributed by atoms with Gasteiger partial charge in [0, 0.05) is 18.7 Å². The number of halogens is 3. The lowest BCUT2D eigenvalue weighted by atomic mass is 9.84. The lowest BCUT2D eigenvalue weighted by Gasteiger charge is -2.44. The Hall–Kier alpha value is -3.61. The first-order valence-electron chi connectivity index (χ1n) is 11.9. The molecular formula is C25H27ClF2N8O2. The molecule has 2 atom stereocenters. The highest BCUT2D eigenvalue weighted by molar-refractivity contribution is 6.33. The van der Waals surface area contributed by atoms with E-state index >= 15 is 0 Å². The number of pyridine rings is 1. The predicted octanol–water partition coefficient (Wildman–Crippen LogP) is 3.10. The Morgan fingerprint density at radius 1 is 1.21 bits per heavy atom. The SMILES string of the molecule is COc1ccc(-c2cc(Cn3cnc4c(N)ncnc43)c(N3CCCC(N)([C@@H](O)C(F)F)C3)cn2)c(Cl)c1. The van der Waals surface area contributed by atoms with Gasteiger partial charge in [0.2, 0.25) is 0 Å². The van der Waals surface area contributed by atoms with Crippen LogP contribution in [0.3, 0.4) is 0 Å². The number of ether oxygens (including phenoxy) is 1. The van der Waals surface area contributed by atoms with Crippen LogP contribution in [0.5, 0.6) is 5.75 Å². The van der Waals surface area contributed by atoms with Crippen LogP contribution in [0.25, 0.3) is 22.4 Å². The molecule has 1 saturated heterocycles. The largest absolute Gasteiger partial charge is 0.497 e. The van der Waals surface area contributed by atoms with Crippen LogP contribution in [0, 0.1) is 0 Å². The third kappa shape index (κ3) is 4.82. The van der Waals surface area contributed by atoms with Gasteiger partial charge in [0.25, 0.3) is 6.43 Å². The second kappa shape index (κ2) is 10.3. The van der Waals surface area contributed by atoms with Gasteiger partial charge in [-0.05, 0) is 42.7 Å². The van der Waals surface area contributed by atoms with E-state index in [0.717, 1.165) is 5.56 Å². The first kappa shape index (κ1) is 26.0. The van der Waals surface area contributed by atoms with Crippen LogP contribution in [0.1, 0.15) is 18.4 Å². The summed E-state index contributed by atoms with van der Waals surface area (Å²) in [6.45, 7) is 0.915. The molecule has 5 N–H and O–H groups in total. The van der Waals surface area contributed by atoms with Crippen molar-refractivity contribution < 1.29 is 18.6 Å². The highest BCUT2D eigenvalue weighted by atomic mass is 35.5. The van der Waals surface area contributed by atoms with E-state index < -0.39 is 18.1 Å². The van der Waals surface area contributed by atoms with Crippen molar-refractivity contribution >= 4 is 34.3 Å². The molecule has 0 aliphatic carbocycles. The molecule has 4 heterocycles. The minimum Gasteiger partial charge on any atom is -0.497 e. The average molecular weight is 545 g/mol. The number of hydrogen-bond acceptors (Lipinski definition) is 9. The van der Waals surface area contributed by atoms with E-state index in [2.05, 4.69) is 19.9 Å². The van der Waals surface area contributed by atoms with Crippen LogP contribution < -0.4 is 21.1 Å². The smallest absolute Gasteiger partial charge is 0.265 e. The zero-order valence-electron chi connectivity index (χ0n) is 20.6. The second-order valence-electron chi connectivity index (χ2n) is 9.39. The molecule has 0 spiro atoms. The van der Waals surface area contributed by atoms with Crippen LogP contribution >= 0.6 is 11.6 Å². The van der Waals surface area contributed by atoms with E-state index in [1.54, 1.807) is 31.8 Å².